The number of nitrogens with zero attached hydrogens (tertiary/aromatic N) is 2. The number of piperazine rings is 1. The second-order valence-corrected chi connectivity index (χ2v) is 3.45. The van der Waals surface area contributed by atoms with E-state index in [0.29, 0.717) is 0 Å². The fourth-order valence-electron chi connectivity index (χ4n) is 1.75. The standard InChI is InChI=1S/C10H18B2N2/c1-3-5-10(4-2)13-6-8-14(12-11)9-7-13/h3-5,12H,1-2,6-9,11H2/b10-5+. The molecule has 1 heterocycles. The Morgan fingerprint density at radius 2 is 1.86 bits per heavy atom. The van der Waals surface area contributed by atoms with Gasteiger partial charge in [-0.2, -0.15) is 0 Å². The smallest absolute Gasteiger partial charge is 0.161 e. The maximum atomic E-state index is 3.82. The minimum absolute atomic E-state index is 1.10. The summed E-state index contributed by atoms with van der Waals surface area (Å²) < 4.78 is 0. The fourth-order valence-corrected chi connectivity index (χ4v) is 1.75. The molecule has 74 valence electrons. The van der Waals surface area contributed by atoms with Crippen LogP contribution in [0, 0.1) is 0 Å². The average molecular weight is 188 g/mol. The Bertz CT molecular complexity index is 230. The summed E-state index contributed by atoms with van der Waals surface area (Å²) in [7, 11) is 3.37. The van der Waals surface area contributed by atoms with Crippen molar-refractivity contribution in [2.45, 2.75) is 0 Å². The molecule has 4 heteroatoms. The molecule has 0 aliphatic carbocycles. The average Bonchev–Trinajstić information content (AvgIpc) is 2.26. The lowest BCUT2D eigenvalue weighted by molar-refractivity contribution is 0.238. The maximum Gasteiger partial charge on any atom is 0.161 e. The highest BCUT2D eigenvalue weighted by Crippen LogP contribution is 2.09. The highest BCUT2D eigenvalue weighted by molar-refractivity contribution is 6.87. The zero-order valence-corrected chi connectivity index (χ0v) is 9.08. The van der Waals surface area contributed by atoms with Gasteiger partial charge in [0.2, 0.25) is 0 Å². The first-order chi connectivity index (χ1) is 6.81. The molecule has 0 atom stereocenters. The van der Waals surface area contributed by atoms with Gasteiger partial charge in [0, 0.05) is 31.9 Å². The molecule has 1 saturated heterocycles. The molecule has 2 nitrogen and oxygen atoms in total. The molecule has 14 heavy (non-hydrogen) atoms. The van der Waals surface area contributed by atoms with E-state index in [9.17, 15) is 0 Å². The van der Waals surface area contributed by atoms with Crippen LogP contribution in [-0.4, -0.2) is 50.9 Å². The van der Waals surface area contributed by atoms with Crippen molar-refractivity contribution in [2.24, 2.45) is 0 Å². The lowest BCUT2D eigenvalue weighted by Crippen LogP contribution is -2.47. The molecule has 0 radical (unpaired) electrons. The van der Waals surface area contributed by atoms with Crippen molar-refractivity contribution in [3.05, 3.63) is 37.1 Å². The van der Waals surface area contributed by atoms with E-state index < -0.39 is 0 Å². The Hall–Kier alpha value is -0.890. The van der Waals surface area contributed by atoms with E-state index in [-0.39, 0.29) is 0 Å². The van der Waals surface area contributed by atoms with Crippen molar-refractivity contribution in [1.82, 2.24) is 9.71 Å². The Balaban J connectivity index is 2.51. The van der Waals surface area contributed by atoms with E-state index in [1.54, 1.807) is 0 Å². The van der Waals surface area contributed by atoms with Crippen LogP contribution in [0.4, 0.5) is 0 Å². The first-order valence-electron chi connectivity index (χ1n) is 5.24. The molecule has 0 amide bonds. The van der Waals surface area contributed by atoms with E-state index in [4.69, 9.17) is 0 Å². The molecular weight excluding hydrogens is 170 g/mol. The van der Waals surface area contributed by atoms with Crippen LogP contribution in [0.5, 0.6) is 0 Å². The van der Waals surface area contributed by atoms with Crippen molar-refractivity contribution in [3.8, 4) is 0 Å². The largest absolute Gasteiger partial charge is 0.369 e. The van der Waals surface area contributed by atoms with Gasteiger partial charge >= 0.3 is 0 Å². The Morgan fingerprint density at radius 3 is 2.29 bits per heavy atom. The van der Waals surface area contributed by atoms with Gasteiger partial charge in [-0.25, -0.2) is 0 Å². The van der Waals surface area contributed by atoms with Crippen LogP contribution in [0.2, 0.25) is 0 Å². The summed E-state index contributed by atoms with van der Waals surface area (Å²) in [6.45, 7) is 12.0. The van der Waals surface area contributed by atoms with Crippen LogP contribution in [0.3, 0.4) is 0 Å². The van der Waals surface area contributed by atoms with Gasteiger partial charge in [-0.1, -0.05) is 19.2 Å². The summed E-state index contributed by atoms with van der Waals surface area (Å²) in [4.78, 5) is 4.83. The zero-order valence-electron chi connectivity index (χ0n) is 9.08. The summed E-state index contributed by atoms with van der Waals surface area (Å²) in [5, 5.41) is 0. The molecule has 0 aromatic carbocycles. The summed E-state index contributed by atoms with van der Waals surface area (Å²) in [5.74, 6) is 0. The summed E-state index contributed by atoms with van der Waals surface area (Å²) in [6.07, 6.45) is 5.75. The van der Waals surface area contributed by atoms with Gasteiger partial charge in [-0.15, -0.1) is 0 Å². The van der Waals surface area contributed by atoms with Crippen LogP contribution in [0.1, 0.15) is 0 Å². The molecule has 1 aliphatic rings. The van der Waals surface area contributed by atoms with E-state index in [2.05, 4.69) is 30.6 Å². The third kappa shape index (κ3) is 2.81. The highest BCUT2D eigenvalue weighted by atomic mass is 15.2. The van der Waals surface area contributed by atoms with Gasteiger partial charge in [0.05, 0.1) is 7.74 Å². The summed E-state index contributed by atoms with van der Waals surface area (Å²) in [6, 6.07) is 0. The van der Waals surface area contributed by atoms with Gasteiger partial charge in [0.1, 0.15) is 0 Å². The van der Waals surface area contributed by atoms with Crippen LogP contribution in [0.15, 0.2) is 37.1 Å². The number of hydrogen-bond donors (Lipinski definition) is 0. The number of allylic oxidation sites excluding steroid dienone is 3. The van der Waals surface area contributed by atoms with Crippen molar-refractivity contribution in [2.75, 3.05) is 26.2 Å². The highest BCUT2D eigenvalue weighted by Gasteiger charge is 2.15. The molecule has 0 bridgehead atoms. The predicted octanol–water partition coefficient (Wildman–Crippen LogP) is -0.241. The molecule has 0 aromatic heterocycles. The number of hydrogen-bond acceptors (Lipinski definition) is 2. The molecule has 0 saturated carbocycles. The monoisotopic (exact) mass is 188 g/mol. The van der Waals surface area contributed by atoms with E-state index in [1.165, 1.54) is 5.70 Å². The Kier molecular flexibility index (Phi) is 4.60. The first kappa shape index (κ1) is 11.2. The van der Waals surface area contributed by atoms with E-state index in [0.717, 1.165) is 33.5 Å². The minimum Gasteiger partial charge on any atom is -0.369 e. The van der Waals surface area contributed by atoms with Gasteiger partial charge < -0.3 is 9.71 Å². The summed E-state index contributed by atoms with van der Waals surface area (Å²) in [5.41, 5.74) is 1.19. The molecular formula is C10H18B2N2. The molecule has 1 rings (SSSR count). The molecule has 1 fully saturated rings. The van der Waals surface area contributed by atoms with Crippen LogP contribution >= 0.6 is 0 Å². The van der Waals surface area contributed by atoms with Gasteiger partial charge in [0.25, 0.3) is 0 Å². The van der Waals surface area contributed by atoms with Crippen molar-refractivity contribution in [3.63, 3.8) is 0 Å². The molecule has 0 aromatic rings. The lowest BCUT2D eigenvalue weighted by Gasteiger charge is -2.36. The first-order valence-corrected chi connectivity index (χ1v) is 5.24. The van der Waals surface area contributed by atoms with Crippen LogP contribution < -0.4 is 0 Å². The maximum absolute atomic E-state index is 3.82. The minimum atomic E-state index is 1.10. The van der Waals surface area contributed by atoms with Gasteiger partial charge in [-0.3, -0.25) is 0 Å². The van der Waals surface area contributed by atoms with Crippen molar-refractivity contribution >= 4 is 15.0 Å². The zero-order chi connectivity index (χ0) is 10.4. The third-order valence-corrected chi connectivity index (χ3v) is 2.68. The van der Waals surface area contributed by atoms with Gasteiger partial charge in [-0.05, 0) is 12.2 Å². The molecule has 0 spiro atoms. The van der Waals surface area contributed by atoms with Gasteiger partial charge in [0.15, 0.2) is 7.31 Å². The lowest BCUT2D eigenvalue weighted by atomic mass is 9.65. The molecule has 1 aliphatic heterocycles. The number of rotatable bonds is 4. The topological polar surface area (TPSA) is 6.48 Å². The SMILES string of the molecule is BBN1CCN(/C(C=C)=C/C=C)CC1. The van der Waals surface area contributed by atoms with Crippen molar-refractivity contribution in [1.29, 1.82) is 0 Å². The van der Waals surface area contributed by atoms with Crippen molar-refractivity contribution < 1.29 is 0 Å². The normalized spacial score (nSPS) is 19.1. The van der Waals surface area contributed by atoms with Crippen LogP contribution in [-0.2, 0) is 0 Å². The van der Waals surface area contributed by atoms with E-state index in [1.807, 2.05) is 18.2 Å². The van der Waals surface area contributed by atoms with E-state index >= 15 is 0 Å². The molecule has 0 unspecified atom stereocenters. The summed E-state index contributed by atoms with van der Waals surface area (Å²) >= 11 is 0. The van der Waals surface area contributed by atoms with Crippen LogP contribution in [0.25, 0.3) is 0 Å². The third-order valence-electron chi connectivity index (χ3n) is 2.68. The predicted molar refractivity (Wildman–Crippen MR) is 67.3 cm³/mol. The Labute approximate surface area is 88.6 Å². The second-order valence-electron chi connectivity index (χ2n) is 3.45. The molecule has 0 N–H and O–H groups in total. The quantitative estimate of drug-likeness (QED) is 0.443. The Morgan fingerprint density at radius 1 is 1.21 bits per heavy atom. The second kappa shape index (κ2) is 5.76. The fraction of sp³-hybridized carbons (Fsp3) is 0.400.